The van der Waals surface area contributed by atoms with E-state index in [0.29, 0.717) is 33.9 Å². The van der Waals surface area contributed by atoms with E-state index >= 15 is 0 Å². The van der Waals surface area contributed by atoms with E-state index in [1.54, 1.807) is 54.9 Å². The van der Waals surface area contributed by atoms with Gasteiger partial charge < -0.3 is 19.7 Å². The Hall–Kier alpha value is -4.40. The number of carbonyl (C=O) groups is 3. The lowest BCUT2D eigenvalue weighted by Crippen LogP contribution is -2.51. The van der Waals surface area contributed by atoms with Crippen LogP contribution in [0.15, 0.2) is 60.9 Å². The first-order chi connectivity index (χ1) is 16.5. The van der Waals surface area contributed by atoms with Crippen molar-refractivity contribution in [3.8, 4) is 11.5 Å². The number of ether oxygens (including phenoxy) is 2. The minimum absolute atomic E-state index is 0.227. The van der Waals surface area contributed by atoms with Crippen LogP contribution in [0.3, 0.4) is 0 Å². The highest BCUT2D eigenvalue weighted by Crippen LogP contribution is 2.49. The van der Waals surface area contributed by atoms with Gasteiger partial charge in [-0.15, -0.1) is 0 Å². The fraction of sp³-hybridized carbons (Fsp3) is 0.200. The van der Waals surface area contributed by atoms with E-state index in [1.165, 1.54) is 24.0 Å². The van der Waals surface area contributed by atoms with Crippen molar-refractivity contribution in [3.05, 3.63) is 83.2 Å². The molecule has 3 aromatic rings. The highest BCUT2D eigenvalue weighted by atomic mass is 16.5. The molecule has 0 spiro atoms. The Morgan fingerprint density at radius 1 is 1.03 bits per heavy atom. The Balaban J connectivity index is 1.54. The van der Waals surface area contributed by atoms with Crippen LogP contribution in [0.25, 0.3) is 0 Å². The zero-order valence-corrected chi connectivity index (χ0v) is 18.6. The van der Waals surface area contributed by atoms with Gasteiger partial charge in [0.1, 0.15) is 12.7 Å². The molecule has 3 heterocycles. The van der Waals surface area contributed by atoms with Gasteiger partial charge in [0.15, 0.2) is 11.5 Å². The van der Waals surface area contributed by atoms with Crippen LogP contribution in [0.2, 0.25) is 0 Å². The Kier molecular flexibility index (Phi) is 5.37. The largest absolute Gasteiger partial charge is 0.493 e. The molecule has 1 unspecified atom stereocenters. The number of methoxy groups -OCH3 is 2. The van der Waals surface area contributed by atoms with E-state index in [2.05, 4.69) is 10.3 Å². The van der Waals surface area contributed by atoms with Crippen molar-refractivity contribution in [3.63, 3.8) is 0 Å². The summed E-state index contributed by atoms with van der Waals surface area (Å²) in [5.74, 6) is -0.293. The smallest absolute Gasteiger partial charge is 0.264 e. The summed E-state index contributed by atoms with van der Waals surface area (Å²) in [5.41, 5.74) is 2.58. The lowest BCUT2D eigenvalue weighted by molar-refractivity contribution is -0.122. The molecule has 0 radical (unpaired) electrons. The number of hydrogen-bond donors (Lipinski definition) is 1. The number of nitrogens with zero attached hydrogens (tertiary/aromatic N) is 3. The Morgan fingerprint density at radius 3 is 2.59 bits per heavy atom. The lowest BCUT2D eigenvalue weighted by Gasteiger charge is -2.40. The minimum Gasteiger partial charge on any atom is -0.493 e. The van der Waals surface area contributed by atoms with Crippen molar-refractivity contribution in [2.24, 2.45) is 0 Å². The number of para-hydroxylation sites is 1. The van der Waals surface area contributed by atoms with Crippen molar-refractivity contribution in [2.75, 3.05) is 25.7 Å². The molecule has 9 heteroatoms. The third kappa shape index (κ3) is 3.33. The summed E-state index contributed by atoms with van der Waals surface area (Å²) in [6.45, 7) is 0.0515. The van der Waals surface area contributed by atoms with Crippen molar-refractivity contribution in [1.29, 1.82) is 0 Å². The predicted molar refractivity (Wildman–Crippen MR) is 123 cm³/mol. The van der Waals surface area contributed by atoms with Gasteiger partial charge in [-0.25, -0.2) is 0 Å². The van der Waals surface area contributed by atoms with Crippen LogP contribution in [0.1, 0.15) is 38.0 Å². The Morgan fingerprint density at radius 2 is 1.85 bits per heavy atom. The molecule has 2 aromatic carbocycles. The van der Waals surface area contributed by atoms with Crippen molar-refractivity contribution < 1.29 is 23.9 Å². The fourth-order valence-corrected chi connectivity index (χ4v) is 4.50. The van der Waals surface area contributed by atoms with Crippen LogP contribution in [0.5, 0.6) is 11.5 Å². The van der Waals surface area contributed by atoms with E-state index < -0.39 is 6.17 Å². The van der Waals surface area contributed by atoms with Gasteiger partial charge >= 0.3 is 0 Å². The van der Waals surface area contributed by atoms with Crippen LogP contribution in [0.4, 0.5) is 5.69 Å². The summed E-state index contributed by atoms with van der Waals surface area (Å²) in [4.78, 5) is 47.0. The number of hydrogen-bond acceptors (Lipinski definition) is 6. The van der Waals surface area contributed by atoms with Crippen LogP contribution in [-0.2, 0) is 11.3 Å². The van der Waals surface area contributed by atoms with Crippen LogP contribution in [0, 0.1) is 0 Å². The van der Waals surface area contributed by atoms with Crippen LogP contribution >= 0.6 is 0 Å². The maximum absolute atomic E-state index is 13.6. The number of anilines is 1. The van der Waals surface area contributed by atoms with Gasteiger partial charge in [0.2, 0.25) is 5.91 Å². The molecule has 0 saturated heterocycles. The zero-order chi connectivity index (χ0) is 23.8. The molecular weight excluding hydrogens is 436 g/mol. The van der Waals surface area contributed by atoms with Gasteiger partial charge in [-0.1, -0.05) is 24.3 Å². The van der Waals surface area contributed by atoms with Crippen molar-refractivity contribution in [2.45, 2.75) is 12.7 Å². The first kappa shape index (κ1) is 21.4. The van der Waals surface area contributed by atoms with Gasteiger partial charge in [0.05, 0.1) is 31.0 Å². The zero-order valence-electron chi connectivity index (χ0n) is 18.6. The molecule has 0 bridgehead atoms. The van der Waals surface area contributed by atoms with E-state index in [0.717, 1.165) is 5.56 Å². The molecule has 0 saturated carbocycles. The first-order valence-corrected chi connectivity index (χ1v) is 10.7. The number of pyridine rings is 1. The lowest BCUT2D eigenvalue weighted by atomic mass is 10.0. The Labute approximate surface area is 195 Å². The van der Waals surface area contributed by atoms with E-state index in [4.69, 9.17) is 9.47 Å². The van der Waals surface area contributed by atoms with Crippen LogP contribution in [-0.4, -0.2) is 48.4 Å². The second kappa shape index (κ2) is 8.51. The highest BCUT2D eigenvalue weighted by molar-refractivity contribution is 6.18. The van der Waals surface area contributed by atoms with Crippen molar-refractivity contribution >= 4 is 23.4 Å². The van der Waals surface area contributed by atoms with Gasteiger partial charge in [0, 0.05) is 24.5 Å². The number of fused-ring (bicyclic) bond motifs is 5. The molecule has 2 aliphatic heterocycles. The number of rotatable bonds is 6. The number of benzene rings is 2. The summed E-state index contributed by atoms with van der Waals surface area (Å²) >= 11 is 0. The van der Waals surface area contributed by atoms with E-state index in [9.17, 15) is 14.4 Å². The molecule has 172 valence electrons. The standard InChI is InChI=1S/C25H22N4O5/c1-33-19-10-9-17-21(22(19)34-2)25(32)29-18-8-4-3-7-16(18)24(31)28(23(17)29)14-20(30)27-13-15-6-5-11-26-12-15/h3-12,23H,13-14H2,1-2H3,(H,27,30). The number of amides is 3. The van der Waals surface area contributed by atoms with Gasteiger partial charge in [-0.3, -0.25) is 24.3 Å². The summed E-state index contributed by atoms with van der Waals surface area (Å²) in [7, 11) is 2.96. The van der Waals surface area contributed by atoms with E-state index in [-0.39, 0.29) is 30.8 Å². The molecule has 1 aromatic heterocycles. The molecular formula is C25H22N4O5. The van der Waals surface area contributed by atoms with Gasteiger partial charge in [-0.05, 0) is 29.8 Å². The van der Waals surface area contributed by atoms with Crippen molar-refractivity contribution in [1.82, 2.24) is 15.2 Å². The number of nitrogens with one attached hydrogen (secondary N) is 1. The van der Waals surface area contributed by atoms with Gasteiger partial charge in [0.25, 0.3) is 11.8 Å². The quantitative estimate of drug-likeness (QED) is 0.609. The maximum Gasteiger partial charge on any atom is 0.264 e. The topological polar surface area (TPSA) is 101 Å². The van der Waals surface area contributed by atoms with Crippen LogP contribution < -0.4 is 19.7 Å². The summed E-state index contributed by atoms with van der Waals surface area (Å²) in [6.07, 6.45) is 2.53. The Bertz CT molecular complexity index is 1290. The second-order valence-electron chi connectivity index (χ2n) is 7.90. The summed E-state index contributed by atoms with van der Waals surface area (Å²) in [5, 5.41) is 2.83. The molecule has 0 fully saturated rings. The number of aromatic nitrogens is 1. The molecule has 5 rings (SSSR count). The SMILES string of the molecule is COc1ccc2c(c1OC)C(=O)N1c3ccccc3C(=O)N(CC(=O)NCc3cccnc3)C21. The molecule has 1 N–H and O–H groups in total. The van der Waals surface area contributed by atoms with E-state index in [1.807, 2.05) is 6.07 Å². The maximum atomic E-state index is 13.6. The molecule has 34 heavy (non-hydrogen) atoms. The van der Waals surface area contributed by atoms with Gasteiger partial charge in [-0.2, -0.15) is 0 Å². The fourth-order valence-electron chi connectivity index (χ4n) is 4.50. The predicted octanol–water partition coefficient (Wildman–Crippen LogP) is 2.53. The molecule has 2 aliphatic rings. The monoisotopic (exact) mass is 458 g/mol. The minimum atomic E-state index is -0.783. The first-order valence-electron chi connectivity index (χ1n) is 10.7. The normalized spacial score (nSPS) is 16.0. The summed E-state index contributed by atoms with van der Waals surface area (Å²) < 4.78 is 10.9. The number of carbonyl (C=O) groups excluding carboxylic acids is 3. The molecule has 0 aliphatic carbocycles. The summed E-state index contributed by atoms with van der Waals surface area (Å²) in [6, 6.07) is 14.0. The second-order valence-corrected chi connectivity index (χ2v) is 7.90. The average molecular weight is 458 g/mol. The molecule has 9 nitrogen and oxygen atoms in total. The average Bonchev–Trinajstić information content (AvgIpc) is 3.17. The molecule has 1 atom stereocenters. The molecule has 3 amide bonds. The third-order valence-electron chi connectivity index (χ3n) is 6.01. The highest BCUT2D eigenvalue weighted by Gasteiger charge is 2.50. The third-order valence-corrected chi connectivity index (χ3v) is 6.01.